The predicted molar refractivity (Wildman–Crippen MR) is 73.8 cm³/mol. The summed E-state index contributed by atoms with van der Waals surface area (Å²) >= 11 is 0. The lowest BCUT2D eigenvalue weighted by molar-refractivity contribution is 0.0853. The van der Waals surface area contributed by atoms with Gasteiger partial charge >= 0.3 is 0 Å². The molecule has 2 aliphatic rings. The van der Waals surface area contributed by atoms with Gasteiger partial charge in [-0.3, -0.25) is 0 Å². The van der Waals surface area contributed by atoms with Crippen molar-refractivity contribution in [2.75, 3.05) is 19.8 Å². The molecule has 3 rings (SSSR count). The van der Waals surface area contributed by atoms with Crippen molar-refractivity contribution in [3.63, 3.8) is 0 Å². The van der Waals surface area contributed by atoms with Crippen molar-refractivity contribution < 1.29 is 4.74 Å². The first-order valence-electron chi connectivity index (χ1n) is 7.34. The summed E-state index contributed by atoms with van der Waals surface area (Å²) in [7, 11) is 0. The van der Waals surface area contributed by atoms with Crippen LogP contribution in [0.2, 0.25) is 0 Å². The summed E-state index contributed by atoms with van der Waals surface area (Å²) < 4.78 is 5.46. The molecule has 1 unspecified atom stereocenters. The summed E-state index contributed by atoms with van der Waals surface area (Å²) in [5, 5.41) is 3.64. The Balaban J connectivity index is 1.75. The molecule has 0 radical (unpaired) electrons. The van der Waals surface area contributed by atoms with Crippen LogP contribution >= 0.6 is 0 Å². The molecule has 0 bridgehead atoms. The average Bonchev–Trinajstić information content (AvgIpc) is 2.49. The minimum atomic E-state index is 0.582. The fraction of sp³-hybridized carbons (Fsp3) is 0.625. The van der Waals surface area contributed by atoms with Crippen LogP contribution in [0.3, 0.4) is 0 Å². The number of benzene rings is 1. The zero-order valence-electron chi connectivity index (χ0n) is 11.0. The van der Waals surface area contributed by atoms with E-state index in [9.17, 15) is 0 Å². The fourth-order valence-electron chi connectivity index (χ4n) is 3.20. The summed E-state index contributed by atoms with van der Waals surface area (Å²) in [6, 6.07) is 9.82. The topological polar surface area (TPSA) is 21.3 Å². The van der Waals surface area contributed by atoms with Gasteiger partial charge < -0.3 is 10.1 Å². The van der Waals surface area contributed by atoms with E-state index >= 15 is 0 Å². The van der Waals surface area contributed by atoms with Gasteiger partial charge in [-0.25, -0.2) is 0 Å². The maximum Gasteiger partial charge on any atom is 0.0471 e. The van der Waals surface area contributed by atoms with E-state index in [1.807, 2.05) is 0 Å². The minimum absolute atomic E-state index is 0.582. The molecule has 0 aliphatic carbocycles. The highest BCUT2D eigenvalue weighted by molar-refractivity contribution is 5.29. The van der Waals surface area contributed by atoms with E-state index in [1.165, 1.54) is 49.8 Å². The predicted octanol–water partition coefficient (Wildman–Crippen LogP) is 3.40. The Morgan fingerprint density at radius 1 is 1.00 bits per heavy atom. The molecule has 1 aromatic rings. The van der Waals surface area contributed by atoms with Gasteiger partial charge in [-0.1, -0.05) is 30.7 Å². The Hall–Kier alpha value is -0.860. The summed E-state index contributed by atoms with van der Waals surface area (Å²) in [6.45, 7) is 3.03. The molecule has 0 spiro atoms. The molecule has 1 aromatic carbocycles. The van der Waals surface area contributed by atoms with E-state index < -0.39 is 0 Å². The second-order valence-electron chi connectivity index (χ2n) is 5.56. The normalized spacial score (nSPS) is 26.1. The van der Waals surface area contributed by atoms with E-state index in [1.54, 1.807) is 0 Å². The highest BCUT2D eigenvalue weighted by Crippen LogP contribution is 2.30. The Kier molecular flexibility index (Phi) is 3.96. The van der Waals surface area contributed by atoms with Crippen LogP contribution in [0.4, 0.5) is 0 Å². The van der Waals surface area contributed by atoms with Gasteiger partial charge in [0, 0.05) is 19.3 Å². The molecule has 98 valence electrons. The molecule has 2 fully saturated rings. The highest BCUT2D eigenvalue weighted by Gasteiger charge is 2.19. The van der Waals surface area contributed by atoms with Gasteiger partial charge in [0.25, 0.3) is 0 Å². The average molecular weight is 245 g/mol. The maximum absolute atomic E-state index is 5.46. The molecule has 1 N–H and O–H groups in total. The van der Waals surface area contributed by atoms with Gasteiger partial charge in [-0.2, -0.15) is 0 Å². The Morgan fingerprint density at radius 3 is 2.61 bits per heavy atom. The number of piperidine rings is 1. The van der Waals surface area contributed by atoms with Crippen molar-refractivity contribution in [2.24, 2.45) is 0 Å². The number of nitrogens with one attached hydrogen (secondary N) is 1. The zero-order valence-corrected chi connectivity index (χ0v) is 11.0. The molecular weight excluding hydrogens is 222 g/mol. The first-order valence-corrected chi connectivity index (χ1v) is 7.34. The van der Waals surface area contributed by atoms with Crippen molar-refractivity contribution in [2.45, 2.75) is 44.1 Å². The van der Waals surface area contributed by atoms with Crippen molar-refractivity contribution >= 4 is 0 Å². The standard InChI is InChI=1S/C16H23NO/c1-2-9-17-16(6-1)15-5-3-4-14(12-15)13-7-10-18-11-8-13/h3-5,12-13,16-17H,1-2,6-11H2. The third kappa shape index (κ3) is 2.76. The molecular formula is C16H23NO. The third-order valence-corrected chi connectivity index (χ3v) is 4.32. The van der Waals surface area contributed by atoms with Gasteiger partial charge in [0.05, 0.1) is 0 Å². The molecule has 2 nitrogen and oxygen atoms in total. The van der Waals surface area contributed by atoms with Gasteiger partial charge in [0.2, 0.25) is 0 Å². The van der Waals surface area contributed by atoms with E-state index in [-0.39, 0.29) is 0 Å². The minimum Gasteiger partial charge on any atom is -0.381 e. The van der Waals surface area contributed by atoms with Gasteiger partial charge in [-0.05, 0) is 49.3 Å². The van der Waals surface area contributed by atoms with Crippen LogP contribution in [0.5, 0.6) is 0 Å². The number of rotatable bonds is 2. The van der Waals surface area contributed by atoms with Crippen LogP contribution < -0.4 is 5.32 Å². The Morgan fingerprint density at radius 2 is 1.83 bits per heavy atom. The van der Waals surface area contributed by atoms with Crippen LogP contribution in [0, 0.1) is 0 Å². The van der Waals surface area contributed by atoms with Crippen molar-refractivity contribution in [1.29, 1.82) is 0 Å². The molecule has 0 saturated carbocycles. The van der Waals surface area contributed by atoms with Gasteiger partial charge in [0.1, 0.15) is 0 Å². The fourth-order valence-corrected chi connectivity index (χ4v) is 3.20. The van der Waals surface area contributed by atoms with E-state index in [2.05, 4.69) is 29.6 Å². The summed E-state index contributed by atoms with van der Waals surface area (Å²) in [5.41, 5.74) is 3.00. The third-order valence-electron chi connectivity index (χ3n) is 4.32. The Bertz CT molecular complexity index is 345. The molecule has 0 aromatic heterocycles. The molecule has 0 amide bonds. The van der Waals surface area contributed by atoms with Crippen LogP contribution in [0.1, 0.15) is 55.2 Å². The largest absolute Gasteiger partial charge is 0.381 e. The molecule has 2 heterocycles. The summed E-state index contributed by atoms with van der Waals surface area (Å²) in [5.74, 6) is 0.710. The number of hydrogen-bond donors (Lipinski definition) is 1. The smallest absolute Gasteiger partial charge is 0.0471 e. The number of ether oxygens (including phenoxy) is 1. The maximum atomic E-state index is 5.46. The monoisotopic (exact) mass is 245 g/mol. The SMILES string of the molecule is c1cc(C2CCOCC2)cc(C2CCCCN2)c1. The molecule has 1 atom stereocenters. The van der Waals surface area contributed by atoms with E-state index in [0.717, 1.165) is 13.2 Å². The van der Waals surface area contributed by atoms with E-state index in [0.29, 0.717) is 12.0 Å². The summed E-state index contributed by atoms with van der Waals surface area (Å²) in [4.78, 5) is 0. The van der Waals surface area contributed by atoms with Crippen LogP contribution in [0.15, 0.2) is 24.3 Å². The van der Waals surface area contributed by atoms with Gasteiger partial charge in [0.15, 0.2) is 0 Å². The van der Waals surface area contributed by atoms with Crippen molar-refractivity contribution in [1.82, 2.24) is 5.32 Å². The summed E-state index contributed by atoms with van der Waals surface area (Å²) in [6.07, 6.45) is 6.34. The molecule has 2 heteroatoms. The lowest BCUT2D eigenvalue weighted by Crippen LogP contribution is -2.26. The second-order valence-corrected chi connectivity index (χ2v) is 5.56. The van der Waals surface area contributed by atoms with Crippen LogP contribution in [-0.2, 0) is 4.74 Å². The van der Waals surface area contributed by atoms with Crippen molar-refractivity contribution in [3.8, 4) is 0 Å². The lowest BCUT2D eigenvalue weighted by atomic mass is 9.88. The Labute approximate surface area is 110 Å². The second kappa shape index (κ2) is 5.85. The zero-order chi connectivity index (χ0) is 12.2. The molecule has 2 aliphatic heterocycles. The quantitative estimate of drug-likeness (QED) is 0.862. The lowest BCUT2D eigenvalue weighted by Gasteiger charge is -2.26. The van der Waals surface area contributed by atoms with Crippen LogP contribution in [0.25, 0.3) is 0 Å². The highest BCUT2D eigenvalue weighted by atomic mass is 16.5. The van der Waals surface area contributed by atoms with Crippen molar-refractivity contribution in [3.05, 3.63) is 35.4 Å². The molecule has 18 heavy (non-hydrogen) atoms. The first kappa shape index (κ1) is 12.2. The van der Waals surface area contributed by atoms with E-state index in [4.69, 9.17) is 4.74 Å². The molecule has 2 saturated heterocycles. The van der Waals surface area contributed by atoms with Gasteiger partial charge in [-0.15, -0.1) is 0 Å². The first-order chi connectivity index (χ1) is 8.93. The van der Waals surface area contributed by atoms with Crippen LogP contribution in [-0.4, -0.2) is 19.8 Å². The number of hydrogen-bond acceptors (Lipinski definition) is 2.